The smallest absolute Gasteiger partial charge is 0.124 e. The molecule has 1 aromatic carbocycles. The molecule has 0 aliphatic heterocycles. The predicted octanol–water partition coefficient (Wildman–Crippen LogP) is 4.85. The lowest BCUT2D eigenvalue weighted by molar-refractivity contribution is 0.532. The van der Waals surface area contributed by atoms with Gasteiger partial charge in [0.25, 0.3) is 0 Å². The van der Waals surface area contributed by atoms with Crippen LogP contribution in [0.25, 0.3) is 0 Å². The van der Waals surface area contributed by atoms with Crippen LogP contribution in [0.5, 0.6) is 0 Å². The summed E-state index contributed by atoms with van der Waals surface area (Å²) in [4.78, 5) is 0. The number of rotatable bonds is 3. The molecule has 0 bridgehead atoms. The van der Waals surface area contributed by atoms with E-state index in [-0.39, 0.29) is 17.1 Å². The fourth-order valence-corrected chi connectivity index (χ4v) is 2.09. The zero-order valence-electron chi connectivity index (χ0n) is 9.10. The van der Waals surface area contributed by atoms with Gasteiger partial charge >= 0.3 is 0 Å². The highest BCUT2D eigenvalue weighted by Gasteiger charge is 2.21. The monoisotopic (exact) mass is 248 g/mol. The lowest BCUT2D eigenvalue weighted by atomic mass is 9.91. The maximum absolute atomic E-state index is 12.9. The first kappa shape index (κ1) is 12.8. The molecule has 0 N–H and O–H groups in total. The van der Waals surface area contributed by atoms with Crippen molar-refractivity contribution in [3.8, 4) is 0 Å². The summed E-state index contributed by atoms with van der Waals surface area (Å²) in [6, 6.07) is 4.46. The number of hydrogen-bond donors (Lipinski definition) is 0. The Labute approximate surface area is 100 Å². The van der Waals surface area contributed by atoms with Crippen molar-refractivity contribution in [2.75, 3.05) is 0 Å². The molecule has 2 unspecified atom stereocenters. The van der Waals surface area contributed by atoms with Gasteiger partial charge in [0.2, 0.25) is 0 Å². The second kappa shape index (κ2) is 5.18. The molecule has 1 rings (SSSR count). The molecule has 0 nitrogen and oxygen atoms in total. The zero-order chi connectivity index (χ0) is 11.6. The van der Waals surface area contributed by atoms with E-state index in [1.807, 2.05) is 6.92 Å². The van der Waals surface area contributed by atoms with Crippen molar-refractivity contribution in [1.29, 1.82) is 0 Å². The molecule has 0 aromatic heterocycles. The number of halogens is 3. The highest BCUT2D eigenvalue weighted by atomic mass is 35.5. The summed E-state index contributed by atoms with van der Waals surface area (Å²) >= 11 is 12.2. The fourth-order valence-electron chi connectivity index (χ4n) is 1.62. The summed E-state index contributed by atoms with van der Waals surface area (Å²) in [6.07, 6.45) is 0. The molecule has 2 atom stereocenters. The largest absolute Gasteiger partial charge is 0.207 e. The van der Waals surface area contributed by atoms with E-state index in [0.717, 1.165) is 5.56 Å². The van der Waals surface area contributed by atoms with Gasteiger partial charge in [-0.05, 0) is 29.5 Å². The summed E-state index contributed by atoms with van der Waals surface area (Å²) in [6.45, 7) is 6.13. The van der Waals surface area contributed by atoms with Crippen molar-refractivity contribution < 1.29 is 4.39 Å². The van der Waals surface area contributed by atoms with Crippen LogP contribution in [-0.2, 0) is 0 Å². The standard InChI is InChI=1S/C12H15Cl2F/c1-7(2)12(14)8(3)10-5-4-9(15)6-11(10)13/h4-8,12H,1-3H3. The van der Waals surface area contributed by atoms with Crippen LogP contribution in [0.4, 0.5) is 4.39 Å². The summed E-state index contributed by atoms with van der Waals surface area (Å²) in [7, 11) is 0. The van der Waals surface area contributed by atoms with Gasteiger partial charge in [-0.2, -0.15) is 0 Å². The third kappa shape index (κ3) is 3.09. The minimum Gasteiger partial charge on any atom is -0.207 e. The van der Waals surface area contributed by atoms with Crippen LogP contribution < -0.4 is 0 Å². The van der Waals surface area contributed by atoms with Gasteiger partial charge in [0, 0.05) is 10.4 Å². The first-order valence-corrected chi connectivity index (χ1v) is 5.84. The van der Waals surface area contributed by atoms with Crippen LogP contribution >= 0.6 is 23.2 Å². The molecule has 0 aliphatic rings. The Hall–Kier alpha value is -0.270. The zero-order valence-corrected chi connectivity index (χ0v) is 10.6. The Kier molecular flexibility index (Phi) is 4.42. The molecule has 0 aliphatic carbocycles. The van der Waals surface area contributed by atoms with Gasteiger partial charge in [0.1, 0.15) is 5.82 Å². The van der Waals surface area contributed by atoms with Crippen LogP contribution in [-0.4, -0.2) is 5.38 Å². The van der Waals surface area contributed by atoms with Crippen molar-refractivity contribution in [3.05, 3.63) is 34.6 Å². The molecule has 0 radical (unpaired) electrons. The van der Waals surface area contributed by atoms with Gasteiger partial charge in [0.05, 0.1) is 0 Å². The van der Waals surface area contributed by atoms with E-state index in [9.17, 15) is 4.39 Å². The average molecular weight is 249 g/mol. The SMILES string of the molecule is CC(C)C(Cl)C(C)c1ccc(F)cc1Cl. The molecule has 0 saturated carbocycles. The van der Waals surface area contributed by atoms with Crippen molar-refractivity contribution in [2.45, 2.75) is 32.1 Å². The number of benzene rings is 1. The highest BCUT2D eigenvalue weighted by molar-refractivity contribution is 6.31. The van der Waals surface area contributed by atoms with Gasteiger partial charge in [-0.1, -0.05) is 38.4 Å². The van der Waals surface area contributed by atoms with Gasteiger partial charge in [-0.3, -0.25) is 0 Å². The average Bonchev–Trinajstić information content (AvgIpc) is 2.15. The van der Waals surface area contributed by atoms with E-state index < -0.39 is 0 Å². The third-order valence-corrected chi connectivity index (χ3v) is 3.78. The molecule has 1 aromatic rings. The van der Waals surface area contributed by atoms with E-state index in [1.165, 1.54) is 12.1 Å². The highest BCUT2D eigenvalue weighted by Crippen LogP contribution is 2.33. The van der Waals surface area contributed by atoms with Gasteiger partial charge in [-0.15, -0.1) is 11.6 Å². The Morgan fingerprint density at radius 2 is 1.80 bits per heavy atom. The fraction of sp³-hybridized carbons (Fsp3) is 0.500. The van der Waals surface area contributed by atoms with E-state index >= 15 is 0 Å². The maximum Gasteiger partial charge on any atom is 0.124 e. The van der Waals surface area contributed by atoms with Crippen molar-refractivity contribution in [2.24, 2.45) is 5.92 Å². The molecule has 0 fully saturated rings. The molecule has 15 heavy (non-hydrogen) atoms. The molecule has 84 valence electrons. The molecular formula is C12H15Cl2F. The molecule has 0 saturated heterocycles. The first-order chi connectivity index (χ1) is 6.93. The Morgan fingerprint density at radius 1 is 1.20 bits per heavy atom. The van der Waals surface area contributed by atoms with Gasteiger partial charge in [0.15, 0.2) is 0 Å². The maximum atomic E-state index is 12.9. The van der Waals surface area contributed by atoms with Gasteiger partial charge in [-0.25, -0.2) is 4.39 Å². The van der Waals surface area contributed by atoms with E-state index in [0.29, 0.717) is 10.9 Å². The summed E-state index contributed by atoms with van der Waals surface area (Å²) in [5, 5.41) is 0.460. The summed E-state index contributed by atoms with van der Waals surface area (Å²) in [5.41, 5.74) is 0.909. The third-order valence-electron chi connectivity index (χ3n) is 2.57. The second-order valence-electron chi connectivity index (χ2n) is 4.14. The van der Waals surface area contributed by atoms with E-state index in [1.54, 1.807) is 6.07 Å². The summed E-state index contributed by atoms with van der Waals surface area (Å²) in [5.74, 6) is 0.175. The molecule has 3 heteroatoms. The van der Waals surface area contributed by atoms with Crippen LogP contribution in [0.3, 0.4) is 0 Å². The molecule has 0 spiro atoms. The molecule has 0 amide bonds. The normalized spacial score (nSPS) is 15.4. The minimum absolute atomic E-state index is 0.00737. The van der Waals surface area contributed by atoms with Crippen LogP contribution in [0.2, 0.25) is 5.02 Å². The number of hydrogen-bond acceptors (Lipinski definition) is 0. The molecule has 0 heterocycles. The van der Waals surface area contributed by atoms with Crippen molar-refractivity contribution in [1.82, 2.24) is 0 Å². The Morgan fingerprint density at radius 3 is 2.27 bits per heavy atom. The topological polar surface area (TPSA) is 0 Å². The van der Waals surface area contributed by atoms with Crippen molar-refractivity contribution >= 4 is 23.2 Å². The predicted molar refractivity (Wildman–Crippen MR) is 64.3 cm³/mol. The lowest BCUT2D eigenvalue weighted by Crippen LogP contribution is -2.16. The first-order valence-electron chi connectivity index (χ1n) is 5.02. The molecular weight excluding hydrogens is 234 g/mol. The van der Waals surface area contributed by atoms with Gasteiger partial charge < -0.3 is 0 Å². The Bertz CT molecular complexity index is 336. The second-order valence-corrected chi connectivity index (χ2v) is 5.05. The Balaban J connectivity index is 2.96. The van der Waals surface area contributed by atoms with Crippen LogP contribution in [0, 0.1) is 11.7 Å². The van der Waals surface area contributed by atoms with Crippen LogP contribution in [0.1, 0.15) is 32.3 Å². The van der Waals surface area contributed by atoms with E-state index in [4.69, 9.17) is 23.2 Å². The lowest BCUT2D eigenvalue weighted by Gasteiger charge is -2.22. The van der Waals surface area contributed by atoms with Crippen LogP contribution in [0.15, 0.2) is 18.2 Å². The minimum atomic E-state index is -0.313. The van der Waals surface area contributed by atoms with Crippen molar-refractivity contribution in [3.63, 3.8) is 0 Å². The quantitative estimate of drug-likeness (QED) is 0.672. The van der Waals surface area contributed by atoms with E-state index in [2.05, 4.69) is 13.8 Å². The summed E-state index contributed by atoms with van der Waals surface area (Å²) < 4.78 is 12.9. The number of alkyl halides is 1.